The van der Waals surface area contributed by atoms with E-state index >= 15 is 0 Å². The van der Waals surface area contributed by atoms with Gasteiger partial charge in [-0.2, -0.15) is 0 Å². The smallest absolute Gasteiger partial charge is 0.267 e. The van der Waals surface area contributed by atoms with E-state index in [1.807, 2.05) is 66.7 Å². The van der Waals surface area contributed by atoms with Crippen molar-refractivity contribution >= 4 is 40.3 Å². The number of para-hydroxylation sites is 1. The van der Waals surface area contributed by atoms with Crippen molar-refractivity contribution in [2.24, 2.45) is 4.99 Å². The maximum absolute atomic E-state index is 13.4. The van der Waals surface area contributed by atoms with Gasteiger partial charge in [0, 0.05) is 18.8 Å². The van der Waals surface area contributed by atoms with Crippen LogP contribution in [0.1, 0.15) is 11.1 Å². The molecule has 0 radical (unpaired) electrons. The Morgan fingerprint density at radius 3 is 2.24 bits per heavy atom. The molecule has 3 aromatic carbocycles. The lowest BCUT2D eigenvalue weighted by Crippen LogP contribution is -2.36. The summed E-state index contributed by atoms with van der Waals surface area (Å²) in [6.45, 7) is 3.83. The number of amidine groups is 1. The van der Waals surface area contributed by atoms with E-state index in [0.717, 1.165) is 43.1 Å². The molecule has 166 valence electrons. The van der Waals surface area contributed by atoms with Gasteiger partial charge in [-0.25, -0.2) is 4.99 Å². The molecule has 5 rings (SSSR count). The number of carbonyl (C=O) groups is 1. The summed E-state index contributed by atoms with van der Waals surface area (Å²) in [5.74, 6) is -0.0178. The maximum Gasteiger partial charge on any atom is 0.267 e. The molecule has 3 aromatic rings. The van der Waals surface area contributed by atoms with Gasteiger partial charge in [0.2, 0.25) is 0 Å². The van der Waals surface area contributed by atoms with Crippen molar-refractivity contribution in [3.63, 3.8) is 0 Å². The minimum absolute atomic E-state index is 0.0178. The minimum atomic E-state index is -0.0178. The molecular formula is C27H25N3O2S. The zero-order valence-electron chi connectivity index (χ0n) is 18.3. The van der Waals surface area contributed by atoms with Gasteiger partial charge < -0.3 is 9.64 Å². The average Bonchev–Trinajstić information content (AvgIpc) is 3.15. The summed E-state index contributed by atoms with van der Waals surface area (Å²) >= 11 is 1.43. The van der Waals surface area contributed by atoms with E-state index in [1.165, 1.54) is 17.4 Å². The highest BCUT2D eigenvalue weighted by molar-refractivity contribution is 8.18. The molecular weight excluding hydrogens is 430 g/mol. The van der Waals surface area contributed by atoms with Crippen LogP contribution in [0.15, 0.2) is 94.8 Å². The quantitative estimate of drug-likeness (QED) is 0.488. The van der Waals surface area contributed by atoms with Crippen molar-refractivity contribution in [1.82, 2.24) is 4.90 Å². The van der Waals surface area contributed by atoms with Crippen LogP contribution in [0.4, 0.5) is 11.4 Å². The second-order valence-corrected chi connectivity index (χ2v) is 8.92. The number of anilines is 1. The largest absolute Gasteiger partial charge is 0.378 e. The van der Waals surface area contributed by atoms with Gasteiger partial charge in [-0.3, -0.25) is 9.69 Å². The fraction of sp³-hybridized carbons (Fsp3) is 0.185. The first-order valence-electron chi connectivity index (χ1n) is 11.1. The molecule has 0 aromatic heterocycles. The van der Waals surface area contributed by atoms with Gasteiger partial charge in [0.25, 0.3) is 5.91 Å². The van der Waals surface area contributed by atoms with Gasteiger partial charge in [0.1, 0.15) is 0 Å². The van der Waals surface area contributed by atoms with Crippen LogP contribution in [0.25, 0.3) is 6.08 Å². The van der Waals surface area contributed by atoms with Gasteiger partial charge in [-0.1, -0.05) is 60.7 Å². The Labute approximate surface area is 198 Å². The minimum Gasteiger partial charge on any atom is -0.378 e. The molecule has 33 heavy (non-hydrogen) atoms. The Kier molecular flexibility index (Phi) is 6.56. The lowest BCUT2D eigenvalue weighted by Gasteiger charge is -2.28. The highest BCUT2D eigenvalue weighted by Gasteiger charge is 2.33. The van der Waals surface area contributed by atoms with Gasteiger partial charge in [0.15, 0.2) is 5.17 Å². The molecule has 1 amide bonds. The van der Waals surface area contributed by atoms with Crippen molar-refractivity contribution in [3.05, 3.63) is 101 Å². The normalized spacial score (nSPS) is 19.0. The first-order valence-corrected chi connectivity index (χ1v) is 11.9. The Balaban J connectivity index is 1.41. The number of carbonyl (C=O) groups excluding carboxylic acids is 1. The standard InChI is InChI=1S/C27H25N3O2S/c31-26-25(19-21-11-13-24(14-12-21)29-15-17-32-18-16-29)33-27(28-23-9-5-2-6-10-23)30(26)20-22-7-3-1-4-8-22/h1-14,19H,15-18,20H2/b25-19-,28-27?. The highest BCUT2D eigenvalue weighted by Crippen LogP contribution is 2.35. The summed E-state index contributed by atoms with van der Waals surface area (Å²) in [4.78, 5) is 22.9. The number of hydrogen-bond acceptors (Lipinski definition) is 5. The predicted molar refractivity (Wildman–Crippen MR) is 136 cm³/mol. The third-order valence-corrected chi connectivity index (χ3v) is 6.63. The lowest BCUT2D eigenvalue weighted by molar-refractivity contribution is -0.122. The number of benzene rings is 3. The average molecular weight is 456 g/mol. The van der Waals surface area contributed by atoms with Crippen molar-refractivity contribution < 1.29 is 9.53 Å². The van der Waals surface area contributed by atoms with E-state index in [1.54, 1.807) is 4.90 Å². The molecule has 0 unspecified atom stereocenters. The van der Waals surface area contributed by atoms with Crippen molar-refractivity contribution in [2.45, 2.75) is 6.54 Å². The van der Waals surface area contributed by atoms with Crippen molar-refractivity contribution in [3.8, 4) is 0 Å². The van der Waals surface area contributed by atoms with Crippen molar-refractivity contribution in [2.75, 3.05) is 31.2 Å². The summed E-state index contributed by atoms with van der Waals surface area (Å²) in [7, 11) is 0. The fourth-order valence-electron chi connectivity index (χ4n) is 3.86. The number of aliphatic imine (C=N–C) groups is 1. The molecule has 0 spiro atoms. The zero-order chi connectivity index (χ0) is 22.5. The number of rotatable bonds is 5. The molecule has 0 saturated carbocycles. The predicted octanol–water partition coefficient (Wildman–Crippen LogP) is 5.33. The molecule has 0 atom stereocenters. The first-order chi connectivity index (χ1) is 16.3. The molecule has 0 bridgehead atoms. The van der Waals surface area contributed by atoms with Crippen LogP contribution >= 0.6 is 11.8 Å². The maximum atomic E-state index is 13.4. The monoisotopic (exact) mass is 455 g/mol. The van der Waals surface area contributed by atoms with Crippen LogP contribution in [0.2, 0.25) is 0 Å². The van der Waals surface area contributed by atoms with Gasteiger partial charge in [-0.15, -0.1) is 0 Å². The second kappa shape index (κ2) is 10.1. The van der Waals surface area contributed by atoms with Crippen LogP contribution in [-0.4, -0.2) is 42.3 Å². The highest BCUT2D eigenvalue weighted by atomic mass is 32.2. The summed E-state index contributed by atoms with van der Waals surface area (Å²) in [6.07, 6.45) is 1.96. The molecule has 2 aliphatic heterocycles. The van der Waals surface area contributed by atoms with E-state index in [2.05, 4.69) is 29.2 Å². The zero-order valence-corrected chi connectivity index (χ0v) is 19.1. The summed E-state index contributed by atoms with van der Waals surface area (Å²) in [5, 5.41) is 0.700. The lowest BCUT2D eigenvalue weighted by atomic mass is 10.1. The van der Waals surface area contributed by atoms with Crippen LogP contribution in [0.3, 0.4) is 0 Å². The Hall–Kier alpha value is -3.35. The first kappa shape index (κ1) is 21.5. The summed E-state index contributed by atoms with van der Waals surface area (Å²) < 4.78 is 5.44. The van der Waals surface area contributed by atoms with Crippen LogP contribution in [-0.2, 0) is 16.1 Å². The Bertz CT molecular complexity index is 1150. The SMILES string of the molecule is O=C1/C(=C/c2ccc(N3CCOCC3)cc2)SC(=Nc2ccccc2)N1Cc1ccccc1. The Morgan fingerprint density at radius 2 is 1.55 bits per heavy atom. The Morgan fingerprint density at radius 1 is 0.879 bits per heavy atom. The number of hydrogen-bond donors (Lipinski definition) is 0. The van der Waals surface area contributed by atoms with E-state index in [0.29, 0.717) is 16.6 Å². The molecule has 2 saturated heterocycles. The fourth-order valence-corrected chi connectivity index (χ4v) is 4.86. The van der Waals surface area contributed by atoms with E-state index < -0.39 is 0 Å². The third kappa shape index (κ3) is 5.18. The molecule has 2 heterocycles. The van der Waals surface area contributed by atoms with Gasteiger partial charge in [-0.05, 0) is 53.2 Å². The number of nitrogens with zero attached hydrogens (tertiary/aromatic N) is 3. The van der Waals surface area contributed by atoms with Gasteiger partial charge in [0.05, 0.1) is 30.4 Å². The molecule has 6 heteroatoms. The third-order valence-electron chi connectivity index (χ3n) is 5.62. The van der Waals surface area contributed by atoms with E-state index in [4.69, 9.17) is 9.73 Å². The number of ether oxygens (including phenoxy) is 1. The molecule has 0 N–H and O–H groups in total. The molecule has 0 aliphatic carbocycles. The van der Waals surface area contributed by atoms with Crippen LogP contribution in [0, 0.1) is 0 Å². The number of thioether (sulfide) groups is 1. The summed E-state index contributed by atoms with van der Waals surface area (Å²) in [5.41, 5.74) is 4.09. The van der Waals surface area contributed by atoms with Gasteiger partial charge >= 0.3 is 0 Å². The second-order valence-electron chi connectivity index (χ2n) is 7.91. The van der Waals surface area contributed by atoms with Crippen LogP contribution < -0.4 is 4.90 Å². The molecule has 2 aliphatic rings. The van der Waals surface area contributed by atoms with E-state index in [9.17, 15) is 4.79 Å². The number of morpholine rings is 1. The van der Waals surface area contributed by atoms with Crippen LogP contribution in [0.5, 0.6) is 0 Å². The summed E-state index contributed by atoms with van der Waals surface area (Å²) in [6, 6.07) is 28.2. The number of amides is 1. The van der Waals surface area contributed by atoms with Crippen molar-refractivity contribution in [1.29, 1.82) is 0 Å². The molecule has 2 fully saturated rings. The molecule has 5 nitrogen and oxygen atoms in total. The topological polar surface area (TPSA) is 45.1 Å². The van der Waals surface area contributed by atoms with E-state index in [-0.39, 0.29) is 5.91 Å².